The van der Waals surface area contributed by atoms with Gasteiger partial charge in [-0.25, -0.2) is 0 Å². The van der Waals surface area contributed by atoms with Crippen LogP contribution in [0.5, 0.6) is 0 Å². The fourth-order valence-corrected chi connectivity index (χ4v) is 3.17. The van der Waals surface area contributed by atoms with Gasteiger partial charge in [0.25, 0.3) is 0 Å². The van der Waals surface area contributed by atoms with Gasteiger partial charge >= 0.3 is 0 Å². The van der Waals surface area contributed by atoms with Gasteiger partial charge in [0.05, 0.1) is 6.10 Å². The van der Waals surface area contributed by atoms with Crippen LogP contribution in [0, 0.1) is 0 Å². The molecule has 2 aliphatic rings. The van der Waals surface area contributed by atoms with Crippen LogP contribution in [-0.2, 0) is 4.74 Å². The molecule has 3 atom stereocenters. The summed E-state index contributed by atoms with van der Waals surface area (Å²) in [6.45, 7) is 2.40. The topological polar surface area (TPSA) is 24.5 Å². The molecule has 3 nitrogen and oxygen atoms in total. The first-order valence-electron chi connectivity index (χ1n) is 6.29. The molecule has 15 heavy (non-hydrogen) atoms. The predicted octanol–water partition coefficient (Wildman–Crippen LogP) is 1.24. The fourth-order valence-electron chi connectivity index (χ4n) is 3.17. The Hall–Kier alpha value is -0.120. The Morgan fingerprint density at radius 3 is 2.80 bits per heavy atom. The Morgan fingerprint density at radius 2 is 2.07 bits per heavy atom. The first-order valence-corrected chi connectivity index (χ1v) is 6.29. The summed E-state index contributed by atoms with van der Waals surface area (Å²) in [4.78, 5) is 2.64. The molecule has 0 amide bonds. The standard InChI is InChI=1S/C12H24N2O/c1-13-11-6-3-7-12(11)14-8-4-5-10(9-14)15-2/h10-13H,3-9H2,1-2H3. The minimum atomic E-state index is 0.469. The summed E-state index contributed by atoms with van der Waals surface area (Å²) < 4.78 is 5.49. The van der Waals surface area contributed by atoms with Crippen molar-refractivity contribution >= 4 is 0 Å². The maximum Gasteiger partial charge on any atom is 0.0698 e. The van der Waals surface area contributed by atoms with Crippen molar-refractivity contribution in [2.75, 3.05) is 27.2 Å². The number of nitrogens with zero attached hydrogens (tertiary/aromatic N) is 1. The van der Waals surface area contributed by atoms with E-state index in [1.807, 2.05) is 7.11 Å². The second-order valence-corrected chi connectivity index (χ2v) is 4.89. The molecule has 1 saturated heterocycles. The molecular formula is C12H24N2O. The third-order valence-electron chi connectivity index (χ3n) is 4.06. The van der Waals surface area contributed by atoms with Crippen molar-refractivity contribution in [2.24, 2.45) is 0 Å². The van der Waals surface area contributed by atoms with E-state index >= 15 is 0 Å². The number of piperidine rings is 1. The van der Waals surface area contributed by atoms with Crippen LogP contribution < -0.4 is 5.32 Å². The number of methoxy groups -OCH3 is 1. The lowest BCUT2D eigenvalue weighted by Gasteiger charge is -2.38. The number of nitrogens with one attached hydrogen (secondary N) is 1. The van der Waals surface area contributed by atoms with Crippen LogP contribution in [0.3, 0.4) is 0 Å². The van der Waals surface area contributed by atoms with Gasteiger partial charge in [-0.15, -0.1) is 0 Å². The van der Waals surface area contributed by atoms with Crippen molar-refractivity contribution < 1.29 is 4.74 Å². The zero-order valence-electron chi connectivity index (χ0n) is 10.0. The van der Waals surface area contributed by atoms with E-state index in [1.165, 1.54) is 38.6 Å². The molecule has 0 aromatic carbocycles. The highest BCUT2D eigenvalue weighted by Crippen LogP contribution is 2.27. The summed E-state index contributed by atoms with van der Waals surface area (Å²) in [5, 5.41) is 3.46. The second kappa shape index (κ2) is 5.28. The normalized spacial score (nSPS) is 38.4. The monoisotopic (exact) mass is 212 g/mol. The van der Waals surface area contributed by atoms with Crippen LogP contribution in [0.15, 0.2) is 0 Å². The number of likely N-dealkylation sites (N-methyl/N-ethyl adjacent to an activating group) is 1. The zero-order valence-corrected chi connectivity index (χ0v) is 10.0. The third-order valence-corrected chi connectivity index (χ3v) is 4.06. The van der Waals surface area contributed by atoms with E-state index in [0.717, 1.165) is 12.6 Å². The average molecular weight is 212 g/mol. The molecule has 0 bridgehead atoms. The minimum absolute atomic E-state index is 0.469. The van der Waals surface area contributed by atoms with Crippen LogP contribution in [0.4, 0.5) is 0 Å². The van der Waals surface area contributed by atoms with Crippen molar-refractivity contribution in [3.63, 3.8) is 0 Å². The van der Waals surface area contributed by atoms with Crippen molar-refractivity contribution in [3.05, 3.63) is 0 Å². The lowest BCUT2D eigenvalue weighted by Crippen LogP contribution is -2.51. The Labute approximate surface area is 93.2 Å². The summed E-state index contributed by atoms with van der Waals surface area (Å²) in [7, 11) is 3.94. The van der Waals surface area contributed by atoms with Crippen LogP contribution in [0.25, 0.3) is 0 Å². The van der Waals surface area contributed by atoms with E-state index in [2.05, 4.69) is 17.3 Å². The molecule has 0 aromatic heterocycles. The van der Waals surface area contributed by atoms with Crippen molar-refractivity contribution in [1.29, 1.82) is 0 Å². The van der Waals surface area contributed by atoms with E-state index in [1.54, 1.807) is 0 Å². The molecule has 0 radical (unpaired) electrons. The van der Waals surface area contributed by atoms with Gasteiger partial charge < -0.3 is 10.1 Å². The minimum Gasteiger partial charge on any atom is -0.380 e. The summed E-state index contributed by atoms with van der Waals surface area (Å²) in [5.74, 6) is 0. The van der Waals surface area contributed by atoms with Gasteiger partial charge in [-0.05, 0) is 39.3 Å². The molecule has 88 valence electrons. The molecular weight excluding hydrogens is 188 g/mol. The molecule has 2 rings (SSSR count). The average Bonchev–Trinajstić information content (AvgIpc) is 2.77. The van der Waals surface area contributed by atoms with Crippen LogP contribution in [-0.4, -0.2) is 50.3 Å². The fraction of sp³-hybridized carbons (Fsp3) is 1.00. The van der Waals surface area contributed by atoms with Crippen molar-refractivity contribution in [1.82, 2.24) is 10.2 Å². The molecule has 0 spiro atoms. The van der Waals surface area contributed by atoms with Crippen LogP contribution in [0.1, 0.15) is 32.1 Å². The Balaban J connectivity index is 1.91. The molecule has 1 saturated carbocycles. The van der Waals surface area contributed by atoms with Crippen LogP contribution >= 0.6 is 0 Å². The van der Waals surface area contributed by atoms with Gasteiger partial charge in [-0.3, -0.25) is 4.90 Å². The number of hydrogen-bond donors (Lipinski definition) is 1. The van der Waals surface area contributed by atoms with E-state index in [4.69, 9.17) is 4.74 Å². The molecule has 1 aliphatic carbocycles. The predicted molar refractivity (Wildman–Crippen MR) is 62.1 cm³/mol. The highest BCUT2D eigenvalue weighted by molar-refractivity contribution is 4.91. The van der Waals surface area contributed by atoms with Gasteiger partial charge in [0, 0.05) is 25.7 Å². The molecule has 2 fully saturated rings. The maximum absolute atomic E-state index is 5.49. The Morgan fingerprint density at radius 1 is 1.20 bits per heavy atom. The summed E-state index contributed by atoms with van der Waals surface area (Å²) in [5.41, 5.74) is 0. The SMILES string of the molecule is CNC1CCCC1N1CCCC(OC)C1. The highest BCUT2D eigenvalue weighted by atomic mass is 16.5. The Bertz CT molecular complexity index is 198. The van der Waals surface area contributed by atoms with Gasteiger partial charge in [0.1, 0.15) is 0 Å². The number of likely N-dealkylation sites (tertiary alicyclic amines) is 1. The van der Waals surface area contributed by atoms with Gasteiger partial charge in [-0.2, -0.15) is 0 Å². The lowest BCUT2D eigenvalue weighted by molar-refractivity contribution is 0.0115. The molecule has 3 unspecified atom stereocenters. The molecule has 1 N–H and O–H groups in total. The summed E-state index contributed by atoms with van der Waals surface area (Å²) in [6.07, 6.45) is 7.09. The van der Waals surface area contributed by atoms with Gasteiger partial charge in [0.2, 0.25) is 0 Å². The summed E-state index contributed by atoms with van der Waals surface area (Å²) >= 11 is 0. The summed E-state index contributed by atoms with van der Waals surface area (Å²) in [6, 6.07) is 1.47. The molecule has 3 heteroatoms. The molecule has 1 heterocycles. The smallest absolute Gasteiger partial charge is 0.0698 e. The maximum atomic E-state index is 5.49. The zero-order chi connectivity index (χ0) is 10.7. The first-order chi connectivity index (χ1) is 7.35. The number of hydrogen-bond acceptors (Lipinski definition) is 3. The van der Waals surface area contributed by atoms with Crippen molar-refractivity contribution in [2.45, 2.75) is 50.3 Å². The first kappa shape index (κ1) is 11.4. The van der Waals surface area contributed by atoms with Crippen LogP contribution in [0.2, 0.25) is 0 Å². The number of ether oxygens (including phenoxy) is 1. The van der Waals surface area contributed by atoms with Gasteiger partial charge in [0.15, 0.2) is 0 Å². The quantitative estimate of drug-likeness (QED) is 0.762. The molecule has 0 aromatic rings. The highest BCUT2D eigenvalue weighted by Gasteiger charge is 2.33. The van der Waals surface area contributed by atoms with E-state index < -0.39 is 0 Å². The number of rotatable bonds is 3. The molecule has 1 aliphatic heterocycles. The lowest BCUT2D eigenvalue weighted by atomic mass is 10.0. The second-order valence-electron chi connectivity index (χ2n) is 4.89. The van der Waals surface area contributed by atoms with E-state index in [-0.39, 0.29) is 0 Å². The van der Waals surface area contributed by atoms with Gasteiger partial charge in [-0.1, -0.05) is 6.42 Å². The Kier molecular flexibility index (Phi) is 4.00. The largest absolute Gasteiger partial charge is 0.380 e. The van der Waals surface area contributed by atoms with E-state index in [9.17, 15) is 0 Å². The van der Waals surface area contributed by atoms with E-state index in [0.29, 0.717) is 12.1 Å². The third kappa shape index (κ3) is 2.52. The van der Waals surface area contributed by atoms with Crippen molar-refractivity contribution in [3.8, 4) is 0 Å².